The van der Waals surface area contributed by atoms with Gasteiger partial charge in [-0.05, 0) is 53.6 Å². The Bertz CT molecular complexity index is 581. The van der Waals surface area contributed by atoms with Gasteiger partial charge in [0.25, 0.3) is 0 Å². The van der Waals surface area contributed by atoms with Crippen LogP contribution in [0.4, 0.5) is 14.9 Å². The van der Waals surface area contributed by atoms with Crippen molar-refractivity contribution in [3.63, 3.8) is 0 Å². The van der Waals surface area contributed by atoms with Gasteiger partial charge in [-0.25, -0.2) is 9.18 Å². The van der Waals surface area contributed by atoms with Gasteiger partial charge in [0.05, 0.1) is 11.1 Å². The molecule has 1 aliphatic rings. The van der Waals surface area contributed by atoms with E-state index in [1.807, 2.05) is 29.5 Å². The van der Waals surface area contributed by atoms with E-state index >= 15 is 0 Å². The first-order valence-electron chi connectivity index (χ1n) is 6.62. The molecule has 0 spiro atoms. The molecule has 21 heavy (non-hydrogen) atoms. The third kappa shape index (κ3) is 3.28. The topological polar surface area (TPSA) is 69.6 Å². The van der Waals surface area contributed by atoms with Gasteiger partial charge in [-0.1, -0.05) is 6.92 Å². The molecule has 1 aliphatic heterocycles. The van der Waals surface area contributed by atoms with Crippen LogP contribution in [0.25, 0.3) is 0 Å². The van der Waals surface area contributed by atoms with Gasteiger partial charge in [0, 0.05) is 16.7 Å². The number of urea groups is 1. The fraction of sp³-hybridized carbons (Fsp3) is 0.429. The Morgan fingerprint density at radius 3 is 2.76 bits per heavy atom. The number of carboxylic acids is 1. The zero-order valence-electron chi connectivity index (χ0n) is 11.5. The summed E-state index contributed by atoms with van der Waals surface area (Å²) in [5.74, 6) is -1.23. The van der Waals surface area contributed by atoms with Crippen molar-refractivity contribution in [3.8, 4) is 0 Å². The smallest absolute Gasteiger partial charge is 0.321 e. The molecule has 114 valence electrons. The number of likely N-dealkylation sites (tertiary alicyclic amines) is 1. The van der Waals surface area contributed by atoms with Crippen LogP contribution in [0.1, 0.15) is 19.8 Å². The molecule has 0 aromatic heterocycles. The second-order valence-corrected chi connectivity index (χ2v) is 6.33. The number of hydrogen-bond acceptors (Lipinski definition) is 2. The van der Waals surface area contributed by atoms with Crippen LogP contribution in [0.5, 0.6) is 0 Å². The van der Waals surface area contributed by atoms with Crippen LogP contribution in [0.15, 0.2) is 18.2 Å². The zero-order chi connectivity index (χ0) is 15.6. The van der Waals surface area contributed by atoms with Gasteiger partial charge in [0.1, 0.15) is 5.82 Å². The first-order valence-corrected chi connectivity index (χ1v) is 7.70. The molecule has 1 saturated heterocycles. The average Bonchev–Trinajstić information content (AvgIpc) is 2.88. The van der Waals surface area contributed by atoms with E-state index in [1.165, 1.54) is 23.1 Å². The number of nitrogens with one attached hydrogen (secondary N) is 1. The van der Waals surface area contributed by atoms with E-state index in [0.717, 1.165) is 0 Å². The molecule has 0 bridgehead atoms. The number of hydrogen-bond donors (Lipinski definition) is 2. The highest BCUT2D eigenvalue weighted by Gasteiger charge is 2.44. The normalized spacial score (nSPS) is 21.4. The highest BCUT2D eigenvalue weighted by molar-refractivity contribution is 14.1. The molecule has 1 atom stereocenters. The Morgan fingerprint density at radius 1 is 1.52 bits per heavy atom. The molecule has 5 nitrogen and oxygen atoms in total. The van der Waals surface area contributed by atoms with E-state index in [0.29, 0.717) is 28.6 Å². The van der Waals surface area contributed by atoms with E-state index < -0.39 is 11.4 Å². The molecule has 2 N–H and O–H groups in total. The van der Waals surface area contributed by atoms with Crippen LogP contribution in [0, 0.1) is 14.8 Å². The predicted octanol–water partition coefficient (Wildman–Crippen LogP) is 3.15. The first-order chi connectivity index (χ1) is 9.88. The lowest BCUT2D eigenvalue weighted by Gasteiger charge is -2.23. The van der Waals surface area contributed by atoms with Gasteiger partial charge >= 0.3 is 12.0 Å². The largest absolute Gasteiger partial charge is 0.481 e. The fourth-order valence-electron chi connectivity index (χ4n) is 2.45. The quantitative estimate of drug-likeness (QED) is 0.758. The molecule has 0 aliphatic carbocycles. The molecule has 1 aromatic rings. The lowest BCUT2D eigenvalue weighted by molar-refractivity contribution is -0.148. The molecule has 1 fully saturated rings. The van der Waals surface area contributed by atoms with Crippen LogP contribution in [0.3, 0.4) is 0 Å². The zero-order valence-corrected chi connectivity index (χ0v) is 13.7. The second-order valence-electron chi connectivity index (χ2n) is 5.16. The van der Waals surface area contributed by atoms with Gasteiger partial charge in [0.2, 0.25) is 0 Å². The Hall–Kier alpha value is -1.38. The van der Waals surface area contributed by atoms with Crippen molar-refractivity contribution in [2.45, 2.75) is 19.8 Å². The number of halogens is 2. The lowest BCUT2D eigenvalue weighted by atomic mass is 9.84. The summed E-state index contributed by atoms with van der Waals surface area (Å²) in [6, 6.07) is 3.74. The maximum absolute atomic E-state index is 13.0. The molecule has 2 amide bonds. The predicted molar refractivity (Wildman–Crippen MR) is 84.7 cm³/mol. The molecule has 1 heterocycles. The van der Waals surface area contributed by atoms with Crippen molar-refractivity contribution in [3.05, 3.63) is 27.6 Å². The van der Waals surface area contributed by atoms with Gasteiger partial charge in [0.15, 0.2) is 0 Å². The van der Waals surface area contributed by atoms with Gasteiger partial charge in [-0.2, -0.15) is 0 Å². The summed E-state index contributed by atoms with van der Waals surface area (Å²) in [6.45, 7) is 2.42. The van der Waals surface area contributed by atoms with Crippen LogP contribution >= 0.6 is 22.6 Å². The standard InChI is InChI=1S/C14H16FIN2O3/c1-2-14(12(19)20)5-6-18(8-14)13(21)17-11-4-3-9(15)7-10(11)16/h3-4,7H,2,5-6,8H2,1H3,(H,17,21)(H,19,20). The maximum Gasteiger partial charge on any atom is 0.321 e. The monoisotopic (exact) mass is 406 g/mol. The van der Waals surface area contributed by atoms with Crippen LogP contribution in [-0.4, -0.2) is 35.1 Å². The Labute approximate surface area is 135 Å². The number of nitrogens with zero attached hydrogens (tertiary/aromatic N) is 1. The summed E-state index contributed by atoms with van der Waals surface area (Å²) in [5, 5.41) is 12.0. The summed E-state index contributed by atoms with van der Waals surface area (Å²) in [6.07, 6.45) is 0.937. The summed E-state index contributed by atoms with van der Waals surface area (Å²) >= 11 is 1.94. The summed E-state index contributed by atoms with van der Waals surface area (Å²) in [5.41, 5.74) is -0.334. The van der Waals surface area contributed by atoms with Crippen molar-refractivity contribution in [2.75, 3.05) is 18.4 Å². The minimum absolute atomic E-state index is 0.197. The van der Waals surface area contributed by atoms with Gasteiger partial charge in [-0.15, -0.1) is 0 Å². The Morgan fingerprint density at radius 2 is 2.24 bits per heavy atom. The van der Waals surface area contributed by atoms with Crippen LogP contribution in [-0.2, 0) is 4.79 Å². The minimum atomic E-state index is -0.864. The Kier molecular flexibility index (Phi) is 4.70. The highest BCUT2D eigenvalue weighted by atomic mass is 127. The van der Waals surface area contributed by atoms with Crippen molar-refractivity contribution in [2.24, 2.45) is 5.41 Å². The number of carbonyl (C=O) groups is 2. The number of anilines is 1. The van der Waals surface area contributed by atoms with Gasteiger partial charge in [-0.3, -0.25) is 4.79 Å². The van der Waals surface area contributed by atoms with Crippen LogP contribution in [0.2, 0.25) is 0 Å². The molecule has 0 saturated carbocycles. The van der Waals surface area contributed by atoms with Gasteiger partial charge < -0.3 is 15.3 Å². The van der Waals surface area contributed by atoms with Crippen molar-refractivity contribution in [1.29, 1.82) is 0 Å². The number of rotatable bonds is 3. The number of carboxylic acid groups (broad SMARTS) is 1. The lowest BCUT2D eigenvalue weighted by Crippen LogP contribution is -2.38. The summed E-state index contributed by atoms with van der Waals surface area (Å²) in [4.78, 5) is 25.1. The maximum atomic E-state index is 13.0. The molecule has 7 heteroatoms. The molecule has 1 unspecified atom stereocenters. The summed E-state index contributed by atoms with van der Waals surface area (Å²) < 4.78 is 13.6. The van der Waals surface area contributed by atoms with Crippen LogP contribution < -0.4 is 5.32 Å². The third-order valence-electron chi connectivity index (χ3n) is 3.94. The van der Waals surface area contributed by atoms with E-state index in [1.54, 1.807) is 0 Å². The van der Waals surface area contributed by atoms with E-state index in [-0.39, 0.29) is 18.4 Å². The number of aliphatic carboxylic acids is 1. The molecule has 2 rings (SSSR count). The van der Waals surface area contributed by atoms with Crippen molar-refractivity contribution in [1.82, 2.24) is 4.90 Å². The minimum Gasteiger partial charge on any atom is -0.481 e. The Balaban J connectivity index is 2.07. The summed E-state index contributed by atoms with van der Waals surface area (Å²) in [7, 11) is 0. The number of amides is 2. The average molecular weight is 406 g/mol. The van der Waals surface area contributed by atoms with E-state index in [4.69, 9.17) is 0 Å². The molecular weight excluding hydrogens is 390 g/mol. The number of carbonyl (C=O) groups excluding carboxylic acids is 1. The van der Waals surface area contributed by atoms with Crippen molar-refractivity contribution < 1.29 is 19.1 Å². The van der Waals surface area contributed by atoms with E-state index in [2.05, 4.69) is 5.32 Å². The third-order valence-corrected chi connectivity index (χ3v) is 4.84. The van der Waals surface area contributed by atoms with Crippen molar-refractivity contribution >= 4 is 40.3 Å². The van der Waals surface area contributed by atoms with E-state index in [9.17, 15) is 19.1 Å². The molecule has 0 radical (unpaired) electrons. The highest BCUT2D eigenvalue weighted by Crippen LogP contribution is 2.34. The fourth-order valence-corrected chi connectivity index (χ4v) is 3.06. The SMILES string of the molecule is CCC1(C(=O)O)CCN(C(=O)Nc2ccc(F)cc2I)C1. The number of benzene rings is 1. The first kappa shape index (κ1) is 16.0. The second kappa shape index (κ2) is 6.17. The molecule has 1 aromatic carbocycles. The molecular formula is C14H16FIN2O3.